The quantitative estimate of drug-likeness (QED) is 0.156. The second-order valence-electron chi connectivity index (χ2n) is 9.71. The van der Waals surface area contributed by atoms with Crippen LogP contribution in [-0.4, -0.2) is 51.5 Å². The second-order valence-corrected chi connectivity index (χ2v) is 10.6. The number of nitrogens with one attached hydrogen (secondary N) is 1. The predicted molar refractivity (Wildman–Crippen MR) is 158 cm³/mol. The lowest BCUT2D eigenvalue weighted by atomic mass is 10.0. The van der Waals surface area contributed by atoms with E-state index in [0.29, 0.717) is 33.7 Å². The van der Waals surface area contributed by atoms with Gasteiger partial charge in [0.05, 0.1) is 18.2 Å². The first-order chi connectivity index (χ1) is 20.0. The number of amides is 1. The molecule has 3 N–H and O–H groups in total. The molecule has 220 valence electrons. The average Bonchev–Trinajstić information content (AvgIpc) is 3.31. The monoisotopic (exact) mass is 594 g/mol. The molecule has 3 aromatic carbocycles. The van der Waals surface area contributed by atoms with Crippen molar-refractivity contribution in [3.05, 3.63) is 78.1 Å². The van der Waals surface area contributed by atoms with Crippen LogP contribution in [0, 0.1) is 12.8 Å². The second kappa shape index (κ2) is 12.9. The summed E-state index contributed by atoms with van der Waals surface area (Å²) in [6.07, 6.45) is 0. The number of esters is 1. The number of aryl methyl sites for hydroxylation is 1. The third kappa shape index (κ3) is 6.45. The Morgan fingerprint density at radius 2 is 1.62 bits per heavy atom. The van der Waals surface area contributed by atoms with Crippen molar-refractivity contribution in [2.75, 3.05) is 23.3 Å². The number of carbonyl (C=O) groups excluding carboxylic acids is 2. The summed E-state index contributed by atoms with van der Waals surface area (Å²) in [6, 6.07) is 17.5. The van der Waals surface area contributed by atoms with Gasteiger partial charge in [-0.3, -0.25) is 13.7 Å². The first-order valence-electron chi connectivity index (χ1n) is 12.9. The van der Waals surface area contributed by atoms with Gasteiger partial charge in [-0.25, -0.2) is 13.8 Å². The molecule has 11 nitrogen and oxygen atoms in total. The van der Waals surface area contributed by atoms with E-state index in [1.54, 1.807) is 87.5 Å². The number of rotatable bonds is 11. The zero-order valence-corrected chi connectivity index (χ0v) is 24.1. The highest BCUT2D eigenvalue weighted by molar-refractivity contribution is 7.80. The summed E-state index contributed by atoms with van der Waals surface area (Å²) in [5.41, 5.74) is 3.40. The number of ether oxygens (including phenoxy) is 2. The van der Waals surface area contributed by atoms with Gasteiger partial charge in [0.1, 0.15) is 17.4 Å². The third-order valence-electron chi connectivity index (χ3n) is 6.60. The number of aliphatic carboxylic acids is 1. The first kappa shape index (κ1) is 30.3. The number of nitrogens with zero attached hydrogens (tertiary/aromatic N) is 1. The van der Waals surface area contributed by atoms with Gasteiger partial charge in [0, 0.05) is 11.3 Å². The molecule has 0 bridgehead atoms. The summed E-state index contributed by atoms with van der Waals surface area (Å²) in [7, 11) is 1.27. The number of hydrogen-bond acceptors (Lipinski definition) is 7. The number of furan rings is 1. The van der Waals surface area contributed by atoms with Crippen LogP contribution in [0.15, 0.2) is 71.1 Å². The molecule has 42 heavy (non-hydrogen) atoms. The maximum atomic E-state index is 13.1. The van der Waals surface area contributed by atoms with Crippen LogP contribution in [0.2, 0.25) is 0 Å². The van der Waals surface area contributed by atoms with Gasteiger partial charge in [-0.15, -0.1) is 0 Å². The maximum absolute atomic E-state index is 13.1. The summed E-state index contributed by atoms with van der Waals surface area (Å²) in [5.74, 6) is -2.11. The van der Waals surface area contributed by atoms with E-state index in [1.165, 1.54) is 7.11 Å². The molecule has 12 heteroatoms. The largest absolute Gasteiger partial charge is 0.481 e. The fourth-order valence-corrected chi connectivity index (χ4v) is 5.37. The molecule has 0 fully saturated rings. The highest BCUT2D eigenvalue weighted by Gasteiger charge is 2.32. The molecule has 0 aliphatic heterocycles. The number of benzene rings is 3. The minimum Gasteiger partial charge on any atom is -0.481 e. The van der Waals surface area contributed by atoms with Crippen LogP contribution in [-0.2, 0) is 25.6 Å². The molecule has 1 amide bonds. The Morgan fingerprint density at radius 1 is 1.00 bits per heavy atom. The molecule has 0 aliphatic carbocycles. The van der Waals surface area contributed by atoms with Gasteiger partial charge in [0.15, 0.2) is 12.4 Å². The van der Waals surface area contributed by atoms with Crippen molar-refractivity contribution in [1.29, 1.82) is 0 Å². The molecular weight excluding hydrogens is 564 g/mol. The van der Waals surface area contributed by atoms with E-state index in [9.17, 15) is 28.3 Å². The fraction of sp³-hybridized carbons (Fsp3) is 0.233. The van der Waals surface area contributed by atoms with Crippen LogP contribution in [0.3, 0.4) is 0 Å². The lowest BCUT2D eigenvalue weighted by molar-refractivity contribution is -0.143. The van der Waals surface area contributed by atoms with E-state index in [4.69, 9.17) is 9.15 Å². The van der Waals surface area contributed by atoms with Crippen LogP contribution < -0.4 is 14.4 Å². The Morgan fingerprint density at radius 3 is 2.17 bits per heavy atom. The van der Waals surface area contributed by atoms with Crippen molar-refractivity contribution in [1.82, 2.24) is 0 Å². The standard InChI is InChI=1S/C30H30N2O9S/c1-17(2)27(30(35)36)32(42(37)38)22-14-10-20(11-15-22)19-8-12-21(13-9-19)31-29(34)28-18(3)26-23(40-16-25(33)39-4)6-5-7-24(26)41-28/h5-15,17,27H,16H2,1-4H3,(H,31,34)(H,35,36)(H,37,38). The van der Waals surface area contributed by atoms with Crippen molar-refractivity contribution >= 4 is 51.5 Å². The number of fused-ring (bicyclic) bond motifs is 1. The summed E-state index contributed by atoms with van der Waals surface area (Å²) in [5, 5.41) is 13.0. The molecule has 0 aliphatic rings. The Kier molecular flexibility index (Phi) is 9.28. The fourth-order valence-electron chi connectivity index (χ4n) is 4.54. The topological polar surface area (TPSA) is 156 Å². The molecule has 4 rings (SSSR count). The van der Waals surface area contributed by atoms with Gasteiger partial charge in [0.2, 0.25) is 0 Å². The Balaban J connectivity index is 1.50. The average molecular weight is 595 g/mol. The third-order valence-corrected chi connectivity index (χ3v) is 7.37. The highest BCUT2D eigenvalue weighted by atomic mass is 32.2. The maximum Gasteiger partial charge on any atom is 0.343 e. The SMILES string of the molecule is COC(=O)COc1cccc2oc(C(=O)Nc3ccc(-c4ccc(N(C(C(=O)O)C(C)C)S(=O)O)cc4)cc3)c(C)c12. The molecule has 0 radical (unpaired) electrons. The van der Waals surface area contributed by atoms with Crippen LogP contribution >= 0.6 is 0 Å². The molecule has 4 aromatic rings. The molecule has 2 unspecified atom stereocenters. The minimum absolute atomic E-state index is 0.102. The molecule has 2 atom stereocenters. The van der Waals surface area contributed by atoms with Crippen molar-refractivity contribution in [2.24, 2.45) is 5.92 Å². The molecule has 1 heterocycles. The lowest BCUT2D eigenvalue weighted by Gasteiger charge is -2.29. The van der Waals surface area contributed by atoms with Gasteiger partial charge in [-0.05, 0) is 60.4 Å². The van der Waals surface area contributed by atoms with Crippen molar-refractivity contribution < 1.29 is 42.1 Å². The molecule has 0 saturated heterocycles. The van der Waals surface area contributed by atoms with E-state index in [2.05, 4.69) is 10.1 Å². The Bertz CT molecular complexity index is 1630. The lowest BCUT2D eigenvalue weighted by Crippen LogP contribution is -2.45. The predicted octanol–water partition coefficient (Wildman–Crippen LogP) is 5.26. The van der Waals surface area contributed by atoms with Crippen LogP contribution in [0.25, 0.3) is 22.1 Å². The number of methoxy groups -OCH3 is 1. The molecular formula is C30H30N2O9S. The zero-order chi connectivity index (χ0) is 30.6. The van der Waals surface area contributed by atoms with Crippen molar-refractivity contribution in [3.63, 3.8) is 0 Å². The number of carbonyl (C=O) groups is 3. The van der Waals surface area contributed by atoms with E-state index >= 15 is 0 Å². The van der Waals surface area contributed by atoms with Gasteiger partial charge in [0.25, 0.3) is 17.2 Å². The molecule has 0 saturated carbocycles. The normalized spacial score (nSPS) is 12.5. The van der Waals surface area contributed by atoms with Gasteiger partial charge in [-0.2, -0.15) is 0 Å². The molecule has 0 spiro atoms. The number of carboxylic acid groups (broad SMARTS) is 1. The highest BCUT2D eigenvalue weighted by Crippen LogP contribution is 2.34. The van der Waals surface area contributed by atoms with Crippen molar-refractivity contribution in [2.45, 2.75) is 26.8 Å². The van der Waals surface area contributed by atoms with Crippen molar-refractivity contribution in [3.8, 4) is 16.9 Å². The number of carboxylic acids is 1. The smallest absolute Gasteiger partial charge is 0.343 e. The van der Waals surface area contributed by atoms with Gasteiger partial charge in [-0.1, -0.05) is 44.2 Å². The van der Waals surface area contributed by atoms with E-state index in [1.807, 2.05) is 0 Å². The van der Waals surface area contributed by atoms with Gasteiger partial charge >= 0.3 is 11.9 Å². The first-order valence-corrected chi connectivity index (χ1v) is 13.9. The Labute approximate surface area is 244 Å². The number of anilines is 2. The minimum atomic E-state index is -2.53. The summed E-state index contributed by atoms with van der Waals surface area (Å²) in [6.45, 7) is 4.78. The van der Waals surface area contributed by atoms with E-state index in [0.717, 1.165) is 15.4 Å². The zero-order valence-electron chi connectivity index (χ0n) is 23.3. The van der Waals surface area contributed by atoms with Crippen LogP contribution in [0.4, 0.5) is 11.4 Å². The summed E-state index contributed by atoms with van der Waals surface area (Å²) >= 11 is -2.53. The van der Waals surface area contributed by atoms with Gasteiger partial charge < -0.3 is 24.3 Å². The van der Waals surface area contributed by atoms with Crippen LogP contribution in [0.1, 0.15) is 30.0 Å². The van der Waals surface area contributed by atoms with E-state index in [-0.39, 0.29) is 12.4 Å². The van der Waals surface area contributed by atoms with Crippen LogP contribution in [0.5, 0.6) is 5.75 Å². The molecule has 1 aromatic heterocycles. The number of hydrogen-bond donors (Lipinski definition) is 3. The van der Waals surface area contributed by atoms with E-state index < -0.39 is 41.1 Å². The Hall–Kier alpha value is -4.68. The summed E-state index contributed by atoms with van der Waals surface area (Å²) < 4.78 is 38.7. The summed E-state index contributed by atoms with van der Waals surface area (Å²) in [4.78, 5) is 36.3.